The van der Waals surface area contributed by atoms with Gasteiger partial charge in [-0.2, -0.15) is 5.26 Å². The van der Waals surface area contributed by atoms with Crippen molar-refractivity contribution in [3.8, 4) is 6.07 Å². The summed E-state index contributed by atoms with van der Waals surface area (Å²) in [4.78, 5) is 0.683. The van der Waals surface area contributed by atoms with E-state index in [2.05, 4.69) is 6.07 Å². The van der Waals surface area contributed by atoms with Gasteiger partial charge in [-0.15, -0.1) is 0 Å². The first-order valence-electron chi connectivity index (χ1n) is 5.42. The topological polar surface area (TPSA) is 66.9 Å². The molecule has 90 valence electrons. The van der Waals surface area contributed by atoms with Gasteiger partial charge in [-0.3, -0.25) is 4.21 Å². The van der Waals surface area contributed by atoms with Gasteiger partial charge in [-0.05, 0) is 29.8 Å². The summed E-state index contributed by atoms with van der Waals surface area (Å²) in [5.41, 5.74) is 7.61. The zero-order valence-corrected chi connectivity index (χ0v) is 10.5. The van der Waals surface area contributed by atoms with Gasteiger partial charge in [0.05, 0.1) is 28.2 Å². The van der Waals surface area contributed by atoms with Crippen LogP contribution in [0.1, 0.15) is 11.1 Å². The molecule has 0 aliphatic rings. The largest absolute Gasteiger partial charge is 0.399 e. The van der Waals surface area contributed by atoms with Crippen LogP contribution in [-0.4, -0.2) is 4.21 Å². The van der Waals surface area contributed by atoms with Gasteiger partial charge >= 0.3 is 0 Å². The van der Waals surface area contributed by atoms with E-state index >= 15 is 0 Å². The molecule has 0 spiro atoms. The molecule has 0 amide bonds. The van der Waals surface area contributed by atoms with Crippen molar-refractivity contribution in [2.75, 3.05) is 5.73 Å². The Balaban J connectivity index is 2.25. The molecule has 4 heteroatoms. The molecular weight excluding hydrogens is 244 g/mol. The lowest BCUT2D eigenvalue weighted by Crippen LogP contribution is -1.99. The monoisotopic (exact) mass is 256 g/mol. The SMILES string of the molecule is N#Cc1ccccc1CS(=O)c1cccc(N)c1. The average molecular weight is 256 g/mol. The summed E-state index contributed by atoms with van der Waals surface area (Å²) in [6.45, 7) is 0. The maximum Gasteiger partial charge on any atom is 0.0994 e. The van der Waals surface area contributed by atoms with Gasteiger partial charge in [0, 0.05) is 10.6 Å². The standard InChI is InChI=1S/C14H12N2OS/c15-9-11-4-1-2-5-12(11)10-18(17)14-7-3-6-13(16)8-14/h1-8H,10,16H2. The van der Waals surface area contributed by atoms with E-state index in [9.17, 15) is 4.21 Å². The molecule has 0 aromatic heterocycles. The van der Waals surface area contributed by atoms with Gasteiger partial charge in [0.1, 0.15) is 0 Å². The molecular formula is C14H12N2OS. The molecule has 1 unspecified atom stereocenters. The normalized spacial score (nSPS) is 11.7. The van der Waals surface area contributed by atoms with Crippen LogP contribution in [0.2, 0.25) is 0 Å². The van der Waals surface area contributed by atoms with Crippen molar-refractivity contribution in [1.82, 2.24) is 0 Å². The molecule has 0 bridgehead atoms. The number of nitriles is 1. The second-order valence-electron chi connectivity index (χ2n) is 3.83. The van der Waals surface area contributed by atoms with Crippen LogP contribution in [0.3, 0.4) is 0 Å². The molecule has 0 heterocycles. The Morgan fingerprint density at radius 2 is 1.94 bits per heavy atom. The smallest absolute Gasteiger partial charge is 0.0994 e. The van der Waals surface area contributed by atoms with Crippen LogP contribution in [0, 0.1) is 11.3 Å². The number of hydrogen-bond acceptors (Lipinski definition) is 3. The van der Waals surface area contributed by atoms with E-state index in [-0.39, 0.29) is 0 Å². The van der Waals surface area contributed by atoms with E-state index in [1.54, 1.807) is 36.4 Å². The molecule has 2 N–H and O–H groups in total. The number of hydrogen-bond donors (Lipinski definition) is 1. The highest BCUT2D eigenvalue weighted by molar-refractivity contribution is 7.84. The fourth-order valence-electron chi connectivity index (χ4n) is 1.64. The van der Waals surface area contributed by atoms with Crippen molar-refractivity contribution in [3.05, 3.63) is 59.7 Å². The van der Waals surface area contributed by atoms with E-state index in [1.165, 1.54) is 0 Å². The minimum atomic E-state index is -1.19. The number of nitrogen functional groups attached to an aromatic ring is 1. The van der Waals surface area contributed by atoms with E-state index in [1.807, 2.05) is 12.1 Å². The Morgan fingerprint density at radius 1 is 1.17 bits per heavy atom. The first-order chi connectivity index (χ1) is 8.70. The summed E-state index contributed by atoms with van der Waals surface area (Å²) in [6, 6.07) is 16.3. The van der Waals surface area contributed by atoms with Crippen LogP contribution in [0.25, 0.3) is 0 Å². The molecule has 2 aromatic rings. The van der Waals surface area contributed by atoms with Crippen LogP contribution >= 0.6 is 0 Å². The lowest BCUT2D eigenvalue weighted by atomic mass is 10.1. The summed E-state index contributed by atoms with van der Waals surface area (Å²) < 4.78 is 12.2. The number of nitrogens with two attached hydrogens (primary N) is 1. The molecule has 0 saturated carbocycles. The Hall–Kier alpha value is -2.12. The van der Waals surface area contributed by atoms with Crippen LogP contribution in [0.15, 0.2) is 53.4 Å². The van der Waals surface area contributed by atoms with Crippen molar-refractivity contribution in [2.45, 2.75) is 10.6 Å². The van der Waals surface area contributed by atoms with E-state index < -0.39 is 10.8 Å². The molecule has 18 heavy (non-hydrogen) atoms. The van der Waals surface area contributed by atoms with Gasteiger partial charge in [0.15, 0.2) is 0 Å². The highest BCUT2D eigenvalue weighted by Gasteiger charge is 2.08. The molecule has 0 radical (unpaired) electrons. The molecule has 1 atom stereocenters. The summed E-state index contributed by atoms with van der Waals surface area (Å²) in [5.74, 6) is 0.327. The fourth-order valence-corrected chi connectivity index (χ4v) is 2.83. The van der Waals surface area contributed by atoms with Crippen LogP contribution in [-0.2, 0) is 16.6 Å². The molecule has 0 saturated heterocycles. The average Bonchev–Trinajstić information content (AvgIpc) is 2.39. The van der Waals surface area contributed by atoms with Gasteiger partial charge in [0.25, 0.3) is 0 Å². The highest BCUT2D eigenvalue weighted by atomic mass is 32.2. The third kappa shape index (κ3) is 2.76. The molecule has 0 aliphatic carbocycles. The predicted octanol–water partition coefficient (Wildman–Crippen LogP) is 2.45. The lowest BCUT2D eigenvalue weighted by molar-refractivity contribution is 0.682. The van der Waals surface area contributed by atoms with Gasteiger partial charge in [0.2, 0.25) is 0 Å². The quantitative estimate of drug-likeness (QED) is 0.858. The van der Waals surface area contributed by atoms with Crippen LogP contribution in [0.5, 0.6) is 0 Å². The molecule has 0 aliphatic heterocycles. The van der Waals surface area contributed by atoms with Crippen molar-refractivity contribution in [3.63, 3.8) is 0 Å². The van der Waals surface area contributed by atoms with Crippen molar-refractivity contribution >= 4 is 16.5 Å². The van der Waals surface area contributed by atoms with Crippen LogP contribution in [0.4, 0.5) is 5.69 Å². The fraction of sp³-hybridized carbons (Fsp3) is 0.0714. The maximum absolute atomic E-state index is 12.2. The van der Waals surface area contributed by atoms with Gasteiger partial charge < -0.3 is 5.73 Å². The minimum Gasteiger partial charge on any atom is -0.399 e. The van der Waals surface area contributed by atoms with Crippen molar-refractivity contribution in [1.29, 1.82) is 5.26 Å². The maximum atomic E-state index is 12.2. The number of nitrogens with zero attached hydrogens (tertiary/aromatic N) is 1. The Labute approximate surface area is 108 Å². The summed E-state index contributed by atoms with van der Waals surface area (Å²) in [7, 11) is -1.19. The zero-order valence-electron chi connectivity index (χ0n) is 9.67. The molecule has 2 rings (SSSR count). The summed E-state index contributed by atoms with van der Waals surface area (Å²) >= 11 is 0. The minimum absolute atomic E-state index is 0.327. The lowest BCUT2D eigenvalue weighted by Gasteiger charge is -2.05. The molecule has 3 nitrogen and oxygen atoms in total. The third-order valence-electron chi connectivity index (χ3n) is 2.55. The second kappa shape index (κ2) is 5.48. The molecule has 2 aromatic carbocycles. The summed E-state index contributed by atoms with van der Waals surface area (Å²) in [6.07, 6.45) is 0. The second-order valence-corrected chi connectivity index (χ2v) is 5.28. The third-order valence-corrected chi connectivity index (χ3v) is 3.90. The van der Waals surface area contributed by atoms with Gasteiger partial charge in [-0.1, -0.05) is 24.3 Å². The molecule has 0 fully saturated rings. The zero-order chi connectivity index (χ0) is 13.0. The van der Waals surface area contributed by atoms with Crippen LogP contribution < -0.4 is 5.73 Å². The van der Waals surface area contributed by atoms with Gasteiger partial charge in [-0.25, -0.2) is 0 Å². The number of anilines is 1. The Bertz CT molecular complexity index is 632. The Kier molecular flexibility index (Phi) is 3.75. The van der Waals surface area contributed by atoms with Crippen molar-refractivity contribution in [2.24, 2.45) is 0 Å². The number of benzene rings is 2. The van der Waals surface area contributed by atoms with E-state index in [4.69, 9.17) is 11.0 Å². The number of rotatable bonds is 3. The van der Waals surface area contributed by atoms with Crippen molar-refractivity contribution < 1.29 is 4.21 Å². The predicted molar refractivity (Wildman–Crippen MR) is 72.1 cm³/mol. The highest BCUT2D eigenvalue weighted by Crippen LogP contribution is 2.17. The van der Waals surface area contributed by atoms with E-state index in [0.717, 1.165) is 5.56 Å². The van der Waals surface area contributed by atoms with E-state index in [0.29, 0.717) is 21.9 Å². The Morgan fingerprint density at radius 3 is 2.67 bits per heavy atom. The summed E-state index contributed by atoms with van der Waals surface area (Å²) in [5, 5.41) is 8.98. The first kappa shape index (κ1) is 12.3. The first-order valence-corrected chi connectivity index (χ1v) is 6.74.